The fourth-order valence-electron chi connectivity index (χ4n) is 3.26. The van der Waals surface area contributed by atoms with Gasteiger partial charge in [0, 0.05) is 30.5 Å². The predicted molar refractivity (Wildman–Crippen MR) is 81.2 cm³/mol. The van der Waals surface area contributed by atoms with Crippen molar-refractivity contribution in [2.24, 2.45) is 5.92 Å². The molecule has 1 aliphatic heterocycles. The zero-order chi connectivity index (χ0) is 14.8. The van der Waals surface area contributed by atoms with Crippen LogP contribution in [0.5, 0.6) is 0 Å². The zero-order valence-corrected chi connectivity index (χ0v) is 12.3. The number of hydrogen-bond donors (Lipinski definition) is 1. The number of hydrogen-bond acceptors (Lipinski definition) is 3. The Labute approximate surface area is 124 Å². The maximum absolute atomic E-state index is 10.7. The van der Waals surface area contributed by atoms with Crippen LogP contribution in [-0.4, -0.2) is 29.1 Å². The standard InChI is InChI=1S/C17H21NO3/c1-12-15(14-4-2-3-5-16(14)21-12)11-18-9-8-13(10-18)6-7-17(19)20/h2-5,13H,6-11H2,1H3,(H,19,20). The van der Waals surface area contributed by atoms with Gasteiger partial charge in [0.1, 0.15) is 11.3 Å². The van der Waals surface area contributed by atoms with E-state index in [9.17, 15) is 4.79 Å². The Morgan fingerprint density at radius 3 is 3.05 bits per heavy atom. The van der Waals surface area contributed by atoms with E-state index >= 15 is 0 Å². The monoisotopic (exact) mass is 287 g/mol. The molecule has 21 heavy (non-hydrogen) atoms. The number of fused-ring (bicyclic) bond motifs is 1. The number of rotatable bonds is 5. The third-order valence-electron chi connectivity index (χ3n) is 4.42. The van der Waals surface area contributed by atoms with Crippen LogP contribution in [0.2, 0.25) is 0 Å². The lowest BCUT2D eigenvalue weighted by atomic mass is 10.0. The molecule has 1 fully saturated rings. The molecule has 112 valence electrons. The molecule has 2 heterocycles. The Balaban J connectivity index is 1.67. The summed E-state index contributed by atoms with van der Waals surface area (Å²) in [6.45, 7) is 4.95. The fourth-order valence-corrected chi connectivity index (χ4v) is 3.26. The molecule has 4 heteroatoms. The van der Waals surface area contributed by atoms with Crippen molar-refractivity contribution >= 4 is 16.9 Å². The Morgan fingerprint density at radius 2 is 2.24 bits per heavy atom. The molecule has 1 aliphatic rings. The number of aryl methyl sites for hydroxylation is 1. The maximum atomic E-state index is 10.7. The number of benzene rings is 1. The first-order valence-electron chi connectivity index (χ1n) is 7.54. The molecule has 1 aromatic carbocycles. The van der Waals surface area contributed by atoms with Crippen LogP contribution in [0.4, 0.5) is 0 Å². The van der Waals surface area contributed by atoms with E-state index in [1.807, 2.05) is 25.1 Å². The highest BCUT2D eigenvalue weighted by atomic mass is 16.4. The van der Waals surface area contributed by atoms with Gasteiger partial charge in [0.15, 0.2) is 0 Å². The van der Waals surface area contributed by atoms with E-state index in [0.717, 1.165) is 43.8 Å². The van der Waals surface area contributed by atoms with Crippen LogP contribution in [0, 0.1) is 12.8 Å². The second-order valence-corrected chi connectivity index (χ2v) is 5.96. The van der Waals surface area contributed by atoms with Gasteiger partial charge in [-0.15, -0.1) is 0 Å². The molecular formula is C17H21NO3. The number of carboxylic acid groups (broad SMARTS) is 1. The third-order valence-corrected chi connectivity index (χ3v) is 4.42. The lowest BCUT2D eigenvalue weighted by Crippen LogP contribution is -2.20. The lowest BCUT2D eigenvalue weighted by Gasteiger charge is -2.15. The molecule has 0 saturated carbocycles. The van der Waals surface area contributed by atoms with E-state index in [-0.39, 0.29) is 6.42 Å². The van der Waals surface area contributed by atoms with Crippen LogP contribution in [0.1, 0.15) is 30.6 Å². The summed E-state index contributed by atoms with van der Waals surface area (Å²) >= 11 is 0. The number of furan rings is 1. The smallest absolute Gasteiger partial charge is 0.303 e. The molecule has 0 aliphatic carbocycles. The minimum atomic E-state index is -0.690. The van der Waals surface area contributed by atoms with Crippen LogP contribution in [0.25, 0.3) is 11.0 Å². The van der Waals surface area contributed by atoms with Crippen molar-refractivity contribution in [2.75, 3.05) is 13.1 Å². The van der Waals surface area contributed by atoms with Gasteiger partial charge in [0.05, 0.1) is 0 Å². The van der Waals surface area contributed by atoms with E-state index in [2.05, 4.69) is 11.0 Å². The lowest BCUT2D eigenvalue weighted by molar-refractivity contribution is -0.137. The van der Waals surface area contributed by atoms with Gasteiger partial charge in [0.2, 0.25) is 0 Å². The third kappa shape index (κ3) is 3.10. The summed E-state index contributed by atoms with van der Waals surface area (Å²) < 4.78 is 5.81. The Morgan fingerprint density at radius 1 is 1.43 bits per heavy atom. The summed E-state index contributed by atoms with van der Waals surface area (Å²) in [5.74, 6) is 0.815. The van der Waals surface area contributed by atoms with Gasteiger partial charge in [-0.3, -0.25) is 9.69 Å². The average molecular weight is 287 g/mol. The van der Waals surface area contributed by atoms with Crippen LogP contribution in [-0.2, 0) is 11.3 Å². The topological polar surface area (TPSA) is 53.7 Å². The van der Waals surface area contributed by atoms with Crippen molar-refractivity contribution in [1.29, 1.82) is 0 Å². The quantitative estimate of drug-likeness (QED) is 0.915. The van der Waals surface area contributed by atoms with Gasteiger partial charge in [-0.05, 0) is 38.3 Å². The van der Waals surface area contributed by atoms with Gasteiger partial charge in [-0.2, -0.15) is 0 Å². The highest BCUT2D eigenvalue weighted by Crippen LogP contribution is 2.29. The maximum Gasteiger partial charge on any atom is 0.303 e. The number of aliphatic carboxylic acids is 1. The Bertz CT molecular complexity index is 647. The highest BCUT2D eigenvalue weighted by Gasteiger charge is 2.24. The molecule has 1 aromatic heterocycles. The van der Waals surface area contributed by atoms with E-state index in [1.165, 1.54) is 10.9 Å². The molecule has 3 rings (SSSR count). The highest BCUT2D eigenvalue weighted by molar-refractivity contribution is 5.82. The van der Waals surface area contributed by atoms with Gasteiger partial charge in [0.25, 0.3) is 0 Å². The van der Waals surface area contributed by atoms with Crippen LogP contribution < -0.4 is 0 Å². The van der Waals surface area contributed by atoms with Crippen LogP contribution >= 0.6 is 0 Å². The molecule has 4 nitrogen and oxygen atoms in total. The fraction of sp³-hybridized carbons (Fsp3) is 0.471. The van der Waals surface area contributed by atoms with E-state index < -0.39 is 5.97 Å². The number of nitrogens with zero attached hydrogens (tertiary/aromatic N) is 1. The minimum absolute atomic E-state index is 0.284. The van der Waals surface area contributed by atoms with Crippen LogP contribution in [0.15, 0.2) is 28.7 Å². The second kappa shape index (κ2) is 5.90. The Hall–Kier alpha value is -1.81. The molecule has 1 N–H and O–H groups in total. The molecule has 1 atom stereocenters. The molecule has 2 aromatic rings. The van der Waals surface area contributed by atoms with Crippen molar-refractivity contribution in [3.05, 3.63) is 35.6 Å². The second-order valence-electron chi connectivity index (χ2n) is 5.96. The molecule has 0 amide bonds. The molecular weight excluding hydrogens is 266 g/mol. The SMILES string of the molecule is Cc1oc2ccccc2c1CN1CCC(CCC(=O)O)C1. The molecule has 1 unspecified atom stereocenters. The largest absolute Gasteiger partial charge is 0.481 e. The van der Waals surface area contributed by atoms with Gasteiger partial charge in [-0.1, -0.05) is 18.2 Å². The van der Waals surface area contributed by atoms with Crippen LogP contribution in [0.3, 0.4) is 0 Å². The molecule has 0 spiro atoms. The first-order valence-corrected chi connectivity index (χ1v) is 7.54. The normalized spacial score (nSPS) is 19.4. The zero-order valence-electron chi connectivity index (χ0n) is 12.3. The average Bonchev–Trinajstić information content (AvgIpc) is 3.02. The van der Waals surface area contributed by atoms with Crippen molar-refractivity contribution in [3.63, 3.8) is 0 Å². The van der Waals surface area contributed by atoms with Crippen molar-refractivity contribution in [1.82, 2.24) is 4.90 Å². The van der Waals surface area contributed by atoms with E-state index in [0.29, 0.717) is 5.92 Å². The summed E-state index contributed by atoms with van der Waals surface area (Å²) in [6, 6.07) is 8.15. The first-order chi connectivity index (χ1) is 10.1. The predicted octanol–water partition coefficient (Wildman–Crippen LogP) is 3.43. The van der Waals surface area contributed by atoms with Gasteiger partial charge >= 0.3 is 5.97 Å². The summed E-state index contributed by atoms with van der Waals surface area (Å²) in [4.78, 5) is 13.1. The van der Waals surface area contributed by atoms with Gasteiger partial charge in [-0.25, -0.2) is 0 Å². The van der Waals surface area contributed by atoms with Gasteiger partial charge < -0.3 is 9.52 Å². The number of carboxylic acids is 1. The molecule has 0 bridgehead atoms. The number of para-hydroxylation sites is 1. The number of likely N-dealkylation sites (tertiary alicyclic amines) is 1. The summed E-state index contributed by atoms with van der Waals surface area (Å²) in [6.07, 6.45) is 2.17. The van der Waals surface area contributed by atoms with Crippen molar-refractivity contribution < 1.29 is 14.3 Å². The number of carbonyl (C=O) groups is 1. The minimum Gasteiger partial charge on any atom is -0.481 e. The van der Waals surface area contributed by atoms with E-state index in [1.54, 1.807) is 0 Å². The Kier molecular flexibility index (Phi) is 3.97. The molecule has 1 saturated heterocycles. The van der Waals surface area contributed by atoms with Crippen molar-refractivity contribution in [2.45, 2.75) is 32.7 Å². The summed E-state index contributed by atoms with van der Waals surface area (Å²) in [5.41, 5.74) is 2.22. The van der Waals surface area contributed by atoms with Crippen molar-refractivity contribution in [3.8, 4) is 0 Å². The van der Waals surface area contributed by atoms with E-state index in [4.69, 9.17) is 9.52 Å². The molecule has 0 radical (unpaired) electrons. The summed E-state index contributed by atoms with van der Waals surface area (Å²) in [7, 11) is 0. The first kappa shape index (κ1) is 14.1. The summed E-state index contributed by atoms with van der Waals surface area (Å²) in [5, 5.41) is 9.97.